The number of aromatic nitrogens is 1. The molecule has 0 saturated carbocycles. The number of nitrogens with zero attached hydrogens (tertiary/aromatic N) is 2. The third-order valence-corrected chi connectivity index (χ3v) is 2.80. The van der Waals surface area contributed by atoms with Gasteiger partial charge in [0.25, 0.3) is 0 Å². The molecule has 13 heavy (non-hydrogen) atoms. The molecule has 0 aromatic carbocycles. The number of nitrogens with two attached hydrogens (primary N) is 1. The van der Waals surface area contributed by atoms with Crippen molar-refractivity contribution >= 4 is 16.5 Å². The van der Waals surface area contributed by atoms with Crippen LogP contribution in [-0.2, 0) is 0 Å². The quantitative estimate of drug-likeness (QED) is 0.802. The third kappa shape index (κ3) is 2.42. The smallest absolute Gasteiger partial charge is 0.185 e. The van der Waals surface area contributed by atoms with Gasteiger partial charge in [-0.05, 0) is 20.8 Å². The lowest BCUT2D eigenvalue weighted by atomic mass is 10.2. The van der Waals surface area contributed by atoms with Crippen molar-refractivity contribution in [3.05, 3.63) is 11.6 Å². The van der Waals surface area contributed by atoms with Gasteiger partial charge in [0.2, 0.25) is 0 Å². The average Bonchev–Trinajstić information content (AvgIpc) is 2.56. The van der Waals surface area contributed by atoms with E-state index in [9.17, 15) is 0 Å². The molecule has 0 radical (unpaired) electrons. The lowest BCUT2D eigenvalue weighted by Crippen LogP contribution is -2.43. The molecule has 1 atom stereocenters. The van der Waals surface area contributed by atoms with Crippen molar-refractivity contribution in [1.82, 2.24) is 4.98 Å². The number of thiazole rings is 1. The summed E-state index contributed by atoms with van der Waals surface area (Å²) in [6.45, 7) is 7.11. The highest BCUT2D eigenvalue weighted by atomic mass is 32.1. The normalized spacial score (nSPS) is 13.3. The van der Waals surface area contributed by atoms with Crippen LogP contribution in [0.5, 0.6) is 0 Å². The maximum Gasteiger partial charge on any atom is 0.185 e. The van der Waals surface area contributed by atoms with E-state index < -0.39 is 0 Å². The molecule has 3 nitrogen and oxygen atoms in total. The van der Waals surface area contributed by atoms with Crippen LogP contribution in [0.2, 0.25) is 0 Å². The van der Waals surface area contributed by atoms with E-state index in [1.54, 1.807) is 11.3 Å². The molecule has 1 aromatic heterocycles. The Balaban J connectivity index is 2.80. The van der Waals surface area contributed by atoms with Crippen molar-refractivity contribution < 1.29 is 0 Å². The molecule has 1 heterocycles. The first-order valence-corrected chi connectivity index (χ1v) is 5.42. The van der Waals surface area contributed by atoms with Gasteiger partial charge in [-0.2, -0.15) is 0 Å². The summed E-state index contributed by atoms with van der Waals surface area (Å²) < 4.78 is 0. The minimum absolute atomic E-state index is 0.353. The van der Waals surface area contributed by atoms with Gasteiger partial charge in [-0.3, -0.25) is 0 Å². The van der Waals surface area contributed by atoms with Gasteiger partial charge in [0.1, 0.15) is 0 Å². The first kappa shape index (κ1) is 10.5. The topological polar surface area (TPSA) is 42.2 Å². The lowest BCUT2D eigenvalue weighted by molar-refractivity contribution is 0.579. The lowest BCUT2D eigenvalue weighted by Gasteiger charge is -2.31. The molecule has 0 aliphatic heterocycles. The maximum atomic E-state index is 5.65. The highest BCUT2D eigenvalue weighted by Crippen LogP contribution is 2.21. The van der Waals surface area contributed by atoms with Gasteiger partial charge in [0.15, 0.2) is 5.13 Å². The van der Waals surface area contributed by atoms with Crippen LogP contribution in [0.1, 0.15) is 20.8 Å². The fourth-order valence-corrected chi connectivity index (χ4v) is 2.25. The zero-order chi connectivity index (χ0) is 9.84. The summed E-state index contributed by atoms with van der Waals surface area (Å²) in [6, 6.07) is 0.802. The van der Waals surface area contributed by atoms with Crippen molar-refractivity contribution in [2.24, 2.45) is 5.73 Å². The summed E-state index contributed by atoms with van der Waals surface area (Å²) in [4.78, 5) is 6.55. The standard InChI is InChI=1S/C9H17N3S/c1-7(2)12(8(3)6-10)9-11-4-5-13-9/h4-5,7-8H,6,10H2,1-3H3. The Kier molecular flexibility index (Phi) is 3.69. The van der Waals surface area contributed by atoms with Crippen LogP contribution in [0.4, 0.5) is 5.13 Å². The molecule has 2 N–H and O–H groups in total. The Labute approximate surface area is 83.6 Å². The van der Waals surface area contributed by atoms with Gasteiger partial charge >= 0.3 is 0 Å². The molecular formula is C9H17N3S. The first-order chi connectivity index (χ1) is 6.16. The molecule has 1 aromatic rings. The van der Waals surface area contributed by atoms with Crippen molar-refractivity contribution in [1.29, 1.82) is 0 Å². The molecule has 1 rings (SSSR count). The van der Waals surface area contributed by atoms with E-state index in [-0.39, 0.29) is 0 Å². The van der Waals surface area contributed by atoms with E-state index in [0.717, 1.165) is 5.13 Å². The van der Waals surface area contributed by atoms with Gasteiger partial charge in [-0.15, -0.1) is 11.3 Å². The average molecular weight is 199 g/mol. The molecule has 1 unspecified atom stereocenters. The summed E-state index contributed by atoms with van der Waals surface area (Å²) in [6.07, 6.45) is 1.83. The van der Waals surface area contributed by atoms with Crippen LogP contribution in [0.15, 0.2) is 11.6 Å². The van der Waals surface area contributed by atoms with Gasteiger partial charge in [0, 0.05) is 30.2 Å². The fourth-order valence-electron chi connectivity index (χ4n) is 1.38. The van der Waals surface area contributed by atoms with E-state index in [1.807, 2.05) is 11.6 Å². The Morgan fingerprint density at radius 1 is 1.54 bits per heavy atom. The molecule has 0 aliphatic rings. The van der Waals surface area contributed by atoms with Crippen LogP contribution >= 0.6 is 11.3 Å². The van der Waals surface area contributed by atoms with Crippen LogP contribution in [-0.4, -0.2) is 23.6 Å². The number of hydrogen-bond acceptors (Lipinski definition) is 4. The molecule has 0 bridgehead atoms. The molecule has 0 fully saturated rings. The van der Waals surface area contributed by atoms with E-state index in [0.29, 0.717) is 18.6 Å². The fraction of sp³-hybridized carbons (Fsp3) is 0.667. The van der Waals surface area contributed by atoms with Gasteiger partial charge in [-0.25, -0.2) is 4.98 Å². The zero-order valence-electron chi connectivity index (χ0n) is 8.40. The molecular weight excluding hydrogens is 182 g/mol. The van der Waals surface area contributed by atoms with Gasteiger partial charge < -0.3 is 10.6 Å². The second-order valence-electron chi connectivity index (χ2n) is 3.40. The predicted octanol–water partition coefficient (Wildman–Crippen LogP) is 1.71. The predicted molar refractivity (Wildman–Crippen MR) is 58.2 cm³/mol. The number of rotatable bonds is 4. The summed E-state index contributed by atoms with van der Waals surface area (Å²) in [7, 11) is 0. The monoisotopic (exact) mass is 199 g/mol. The van der Waals surface area contributed by atoms with Gasteiger partial charge in [0.05, 0.1) is 0 Å². The van der Waals surface area contributed by atoms with E-state index >= 15 is 0 Å². The van der Waals surface area contributed by atoms with E-state index in [4.69, 9.17) is 5.73 Å². The number of hydrogen-bond donors (Lipinski definition) is 1. The molecule has 0 amide bonds. The molecule has 0 saturated heterocycles. The highest BCUT2D eigenvalue weighted by molar-refractivity contribution is 7.13. The third-order valence-electron chi connectivity index (χ3n) is 2.01. The van der Waals surface area contributed by atoms with Crippen molar-refractivity contribution in [3.63, 3.8) is 0 Å². The van der Waals surface area contributed by atoms with Crippen LogP contribution in [0.25, 0.3) is 0 Å². The second kappa shape index (κ2) is 4.58. The minimum atomic E-state index is 0.353. The van der Waals surface area contributed by atoms with Crippen molar-refractivity contribution in [2.45, 2.75) is 32.9 Å². The van der Waals surface area contributed by atoms with Crippen LogP contribution < -0.4 is 10.6 Å². The van der Waals surface area contributed by atoms with Crippen LogP contribution in [0, 0.1) is 0 Å². The zero-order valence-corrected chi connectivity index (χ0v) is 9.21. The molecule has 4 heteroatoms. The van der Waals surface area contributed by atoms with Crippen molar-refractivity contribution in [3.8, 4) is 0 Å². The van der Waals surface area contributed by atoms with Crippen LogP contribution in [0.3, 0.4) is 0 Å². The number of anilines is 1. The van der Waals surface area contributed by atoms with E-state index in [2.05, 4.69) is 30.7 Å². The van der Waals surface area contributed by atoms with Crippen molar-refractivity contribution in [2.75, 3.05) is 11.4 Å². The summed E-state index contributed by atoms with van der Waals surface area (Å²) >= 11 is 1.66. The summed E-state index contributed by atoms with van der Waals surface area (Å²) in [5.74, 6) is 0. The van der Waals surface area contributed by atoms with E-state index in [1.165, 1.54) is 0 Å². The first-order valence-electron chi connectivity index (χ1n) is 4.54. The largest absolute Gasteiger partial charge is 0.342 e. The summed E-state index contributed by atoms with van der Waals surface area (Å²) in [5.41, 5.74) is 5.65. The SMILES string of the molecule is CC(C)N(c1nccs1)C(C)CN. The molecule has 0 aliphatic carbocycles. The van der Waals surface area contributed by atoms with Gasteiger partial charge in [-0.1, -0.05) is 0 Å². The Morgan fingerprint density at radius 2 is 2.23 bits per heavy atom. The highest BCUT2D eigenvalue weighted by Gasteiger charge is 2.17. The molecule has 0 spiro atoms. The minimum Gasteiger partial charge on any atom is -0.342 e. The Hall–Kier alpha value is -0.610. The summed E-state index contributed by atoms with van der Waals surface area (Å²) in [5, 5.41) is 3.06. The Bertz CT molecular complexity index is 233. The molecule has 74 valence electrons. The second-order valence-corrected chi connectivity index (χ2v) is 4.27. The maximum absolute atomic E-state index is 5.65. The Morgan fingerprint density at radius 3 is 2.62 bits per heavy atom.